The van der Waals surface area contributed by atoms with Gasteiger partial charge in [-0.2, -0.15) is 0 Å². The highest BCUT2D eigenvalue weighted by atomic mass is 16.5. The predicted octanol–water partition coefficient (Wildman–Crippen LogP) is 2.55. The molecular weight excluding hydrogens is 322 g/mol. The maximum absolute atomic E-state index is 11.5. The van der Waals surface area contributed by atoms with E-state index in [1.54, 1.807) is 30.3 Å². The van der Waals surface area contributed by atoms with Gasteiger partial charge in [-0.05, 0) is 37.3 Å². The number of aromatic hydroxyl groups is 1. The van der Waals surface area contributed by atoms with Crippen molar-refractivity contribution in [3.05, 3.63) is 36.5 Å². The second kappa shape index (κ2) is 7.00. The van der Waals surface area contributed by atoms with Gasteiger partial charge < -0.3 is 15.2 Å². The Morgan fingerprint density at radius 1 is 1.24 bits per heavy atom. The Morgan fingerprint density at radius 2 is 2.08 bits per heavy atom. The molecule has 0 spiro atoms. The van der Waals surface area contributed by atoms with Crippen LogP contribution >= 0.6 is 0 Å². The summed E-state index contributed by atoms with van der Waals surface area (Å²) in [6, 6.07) is 8.21. The number of aromatic nitrogens is 3. The van der Waals surface area contributed by atoms with Crippen LogP contribution in [0.4, 0.5) is 10.6 Å². The Hall–Kier alpha value is -3.42. The van der Waals surface area contributed by atoms with Crippen LogP contribution in [0.1, 0.15) is 6.92 Å². The van der Waals surface area contributed by atoms with Gasteiger partial charge in [-0.1, -0.05) is 0 Å². The highest BCUT2D eigenvalue weighted by Gasteiger charge is 2.09. The quantitative estimate of drug-likeness (QED) is 0.674. The summed E-state index contributed by atoms with van der Waals surface area (Å²) in [5, 5.41) is 14.9. The number of carbonyl (C=O) groups excluding carboxylic acids is 1. The van der Waals surface area contributed by atoms with E-state index in [2.05, 4.69) is 25.6 Å². The summed E-state index contributed by atoms with van der Waals surface area (Å²) in [5.41, 5.74) is 2.46. The van der Waals surface area contributed by atoms with Crippen LogP contribution < -0.4 is 15.4 Å². The lowest BCUT2D eigenvalue weighted by Crippen LogP contribution is -2.28. The monoisotopic (exact) mass is 339 g/mol. The molecule has 0 fully saturated rings. The molecule has 2 heterocycles. The number of rotatable bonds is 4. The van der Waals surface area contributed by atoms with Crippen LogP contribution in [0.2, 0.25) is 0 Å². The van der Waals surface area contributed by atoms with Crippen molar-refractivity contribution in [2.45, 2.75) is 6.92 Å². The number of methoxy groups -OCH3 is 1. The maximum atomic E-state index is 11.5. The number of hydrogen-bond donors (Lipinski definition) is 3. The number of phenols is 1. The summed E-state index contributed by atoms with van der Waals surface area (Å²) < 4.78 is 5.12. The summed E-state index contributed by atoms with van der Waals surface area (Å²) >= 11 is 0. The average Bonchev–Trinajstić information content (AvgIpc) is 2.62. The highest BCUT2D eigenvalue weighted by molar-refractivity contribution is 5.89. The van der Waals surface area contributed by atoms with Crippen molar-refractivity contribution in [3.63, 3.8) is 0 Å². The van der Waals surface area contributed by atoms with E-state index in [9.17, 15) is 9.90 Å². The minimum atomic E-state index is -0.336. The third-order valence-electron chi connectivity index (χ3n) is 3.46. The zero-order valence-electron chi connectivity index (χ0n) is 13.8. The fourth-order valence-electron chi connectivity index (χ4n) is 2.28. The first-order valence-corrected chi connectivity index (χ1v) is 7.66. The van der Waals surface area contributed by atoms with E-state index in [4.69, 9.17) is 4.74 Å². The van der Waals surface area contributed by atoms with Crippen LogP contribution in [-0.2, 0) is 0 Å². The van der Waals surface area contributed by atoms with E-state index in [-0.39, 0.29) is 11.8 Å². The lowest BCUT2D eigenvalue weighted by atomic mass is 10.1. The van der Waals surface area contributed by atoms with Crippen molar-refractivity contribution >= 4 is 23.0 Å². The Kier molecular flexibility index (Phi) is 4.60. The van der Waals surface area contributed by atoms with Gasteiger partial charge in [0.1, 0.15) is 5.52 Å². The number of benzene rings is 1. The van der Waals surface area contributed by atoms with Crippen LogP contribution in [0.3, 0.4) is 0 Å². The molecule has 0 aliphatic heterocycles. The first-order valence-electron chi connectivity index (χ1n) is 7.66. The molecule has 0 atom stereocenters. The van der Waals surface area contributed by atoms with Gasteiger partial charge in [0.25, 0.3) is 0 Å². The number of anilines is 1. The number of fused-ring (bicyclic) bond motifs is 1. The molecule has 0 aliphatic carbocycles. The Bertz CT molecular complexity index is 929. The van der Waals surface area contributed by atoms with Crippen LogP contribution in [0.25, 0.3) is 22.4 Å². The Labute approximate surface area is 143 Å². The van der Waals surface area contributed by atoms with Crippen molar-refractivity contribution in [2.24, 2.45) is 0 Å². The van der Waals surface area contributed by atoms with Gasteiger partial charge >= 0.3 is 6.03 Å². The molecule has 2 amide bonds. The predicted molar refractivity (Wildman–Crippen MR) is 93.7 cm³/mol. The summed E-state index contributed by atoms with van der Waals surface area (Å²) in [6.07, 6.45) is 1.45. The van der Waals surface area contributed by atoms with E-state index >= 15 is 0 Å². The number of nitrogens with zero attached hydrogens (tertiary/aromatic N) is 3. The van der Waals surface area contributed by atoms with Crippen LogP contribution in [-0.4, -0.2) is 39.7 Å². The Morgan fingerprint density at radius 3 is 2.84 bits per heavy atom. The van der Waals surface area contributed by atoms with E-state index in [1.807, 2.05) is 6.92 Å². The van der Waals surface area contributed by atoms with Crippen molar-refractivity contribution in [1.82, 2.24) is 20.3 Å². The summed E-state index contributed by atoms with van der Waals surface area (Å²) in [5.74, 6) is 0.777. The third kappa shape index (κ3) is 3.57. The fourth-order valence-corrected chi connectivity index (χ4v) is 2.28. The molecular formula is C17H17N5O3. The van der Waals surface area contributed by atoms with Gasteiger partial charge in [0.05, 0.1) is 19.0 Å². The van der Waals surface area contributed by atoms with E-state index in [0.717, 1.165) is 5.56 Å². The minimum Gasteiger partial charge on any atom is -0.504 e. The molecule has 0 saturated carbocycles. The average molecular weight is 339 g/mol. The van der Waals surface area contributed by atoms with Gasteiger partial charge in [0.2, 0.25) is 0 Å². The molecule has 128 valence electrons. The second-order valence-electron chi connectivity index (χ2n) is 5.17. The molecule has 0 aliphatic rings. The molecule has 0 saturated heterocycles. The van der Waals surface area contributed by atoms with Crippen molar-refractivity contribution in [3.8, 4) is 22.8 Å². The molecule has 8 heteroatoms. The number of nitrogens with one attached hydrogen (secondary N) is 2. The molecule has 3 N–H and O–H groups in total. The number of carbonyl (C=O) groups is 1. The topological polar surface area (TPSA) is 109 Å². The first kappa shape index (κ1) is 16.4. The van der Waals surface area contributed by atoms with Crippen LogP contribution in [0.15, 0.2) is 36.5 Å². The van der Waals surface area contributed by atoms with E-state index in [0.29, 0.717) is 35.0 Å². The molecule has 3 aromatic rings. The zero-order chi connectivity index (χ0) is 17.8. The van der Waals surface area contributed by atoms with E-state index < -0.39 is 0 Å². The number of amides is 2. The standard InChI is InChI=1S/C17H17N5O3/c1-3-18-17(24)22-15-9-19-16-12(20-15)6-5-11(21-16)10-4-7-13(23)14(8-10)25-2/h4-9,23H,3H2,1-2H3,(H2,18,20,22,24). The van der Waals surface area contributed by atoms with Crippen LogP contribution in [0.5, 0.6) is 11.5 Å². The molecule has 0 bridgehead atoms. The van der Waals surface area contributed by atoms with Crippen molar-refractivity contribution in [2.75, 3.05) is 19.0 Å². The maximum Gasteiger partial charge on any atom is 0.320 e. The molecule has 1 aromatic carbocycles. The first-order chi connectivity index (χ1) is 12.1. The molecule has 8 nitrogen and oxygen atoms in total. The molecule has 0 unspecified atom stereocenters. The van der Waals surface area contributed by atoms with Gasteiger partial charge in [0.15, 0.2) is 23.0 Å². The number of ether oxygens (including phenoxy) is 1. The summed E-state index contributed by atoms with van der Waals surface area (Å²) in [7, 11) is 1.49. The number of hydrogen-bond acceptors (Lipinski definition) is 6. The largest absolute Gasteiger partial charge is 0.504 e. The summed E-state index contributed by atoms with van der Waals surface area (Å²) in [4.78, 5) is 24.6. The van der Waals surface area contributed by atoms with Crippen molar-refractivity contribution in [1.29, 1.82) is 0 Å². The lowest BCUT2D eigenvalue weighted by molar-refractivity contribution is 0.252. The normalized spacial score (nSPS) is 10.5. The lowest BCUT2D eigenvalue weighted by Gasteiger charge is -2.08. The number of urea groups is 1. The number of pyridine rings is 1. The Balaban J connectivity index is 1.91. The third-order valence-corrected chi connectivity index (χ3v) is 3.46. The molecule has 25 heavy (non-hydrogen) atoms. The second-order valence-corrected chi connectivity index (χ2v) is 5.17. The van der Waals surface area contributed by atoms with Gasteiger partial charge in [-0.15, -0.1) is 0 Å². The molecule has 3 rings (SSSR count). The fraction of sp³-hybridized carbons (Fsp3) is 0.176. The molecule has 0 radical (unpaired) electrons. The number of phenolic OH excluding ortho intramolecular Hbond substituents is 1. The van der Waals surface area contributed by atoms with Gasteiger partial charge in [0, 0.05) is 12.1 Å². The smallest absolute Gasteiger partial charge is 0.320 e. The van der Waals surface area contributed by atoms with Gasteiger partial charge in [-0.25, -0.2) is 19.7 Å². The van der Waals surface area contributed by atoms with E-state index in [1.165, 1.54) is 13.3 Å². The van der Waals surface area contributed by atoms with Crippen LogP contribution in [0, 0.1) is 0 Å². The van der Waals surface area contributed by atoms with Crippen molar-refractivity contribution < 1.29 is 14.6 Å². The highest BCUT2D eigenvalue weighted by Crippen LogP contribution is 2.31. The zero-order valence-corrected chi connectivity index (χ0v) is 13.8. The molecule has 2 aromatic heterocycles. The van der Waals surface area contributed by atoms with Gasteiger partial charge in [-0.3, -0.25) is 5.32 Å². The SMILES string of the molecule is CCNC(=O)Nc1cnc2nc(-c3ccc(O)c(OC)c3)ccc2n1. The minimum absolute atomic E-state index is 0.0629. The summed E-state index contributed by atoms with van der Waals surface area (Å²) in [6.45, 7) is 2.35.